The number of nitrogens with zero attached hydrogens (tertiary/aromatic N) is 3. The molecule has 15 heavy (non-hydrogen) atoms. The molecule has 1 aromatic carbocycles. The van der Waals surface area contributed by atoms with Crippen molar-refractivity contribution in [1.82, 2.24) is 15.0 Å². The molecular formula is C8H5F3N4. The third-order valence-electron chi connectivity index (χ3n) is 1.75. The summed E-state index contributed by atoms with van der Waals surface area (Å²) in [7, 11) is 0. The van der Waals surface area contributed by atoms with Crippen LogP contribution >= 0.6 is 0 Å². The zero-order valence-electron chi connectivity index (χ0n) is 7.28. The molecule has 0 aliphatic rings. The maximum atomic E-state index is 13.2. The van der Waals surface area contributed by atoms with Crippen molar-refractivity contribution in [1.29, 1.82) is 0 Å². The molecule has 0 amide bonds. The largest absolute Gasteiger partial charge is 0.381 e. The van der Waals surface area contributed by atoms with Gasteiger partial charge in [-0.3, -0.25) is 0 Å². The van der Waals surface area contributed by atoms with Crippen LogP contribution in [0.4, 0.5) is 19.0 Å². The molecular weight excluding hydrogens is 209 g/mol. The SMILES string of the molecule is Nc1cn(-c2cc(F)c(F)cc2F)nn1. The van der Waals surface area contributed by atoms with E-state index in [1.165, 1.54) is 6.20 Å². The van der Waals surface area contributed by atoms with Crippen LogP contribution in [0, 0.1) is 17.5 Å². The maximum absolute atomic E-state index is 13.2. The number of aromatic nitrogens is 3. The van der Waals surface area contributed by atoms with Crippen LogP contribution in [0.1, 0.15) is 0 Å². The predicted molar refractivity (Wildman–Crippen MR) is 45.6 cm³/mol. The Bertz CT molecular complexity index is 509. The highest BCUT2D eigenvalue weighted by Crippen LogP contribution is 2.17. The molecule has 2 rings (SSSR count). The van der Waals surface area contributed by atoms with Crippen molar-refractivity contribution in [2.24, 2.45) is 0 Å². The van der Waals surface area contributed by atoms with E-state index in [1.807, 2.05) is 0 Å². The lowest BCUT2D eigenvalue weighted by Gasteiger charge is -2.02. The molecule has 2 aromatic rings. The van der Waals surface area contributed by atoms with Gasteiger partial charge in [-0.15, -0.1) is 5.10 Å². The summed E-state index contributed by atoms with van der Waals surface area (Å²) < 4.78 is 39.5. The number of rotatable bonds is 1. The van der Waals surface area contributed by atoms with Gasteiger partial charge < -0.3 is 5.73 Å². The number of nitrogens with two attached hydrogens (primary N) is 1. The second-order valence-electron chi connectivity index (χ2n) is 2.81. The van der Waals surface area contributed by atoms with Crippen molar-refractivity contribution in [3.05, 3.63) is 35.8 Å². The van der Waals surface area contributed by atoms with Gasteiger partial charge in [0.05, 0.1) is 6.20 Å². The number of hydrogen-bond acceptors (Lipinski definition) is 3. The zero-order chi connectivity index (χ0) is 11.0. The molecule has 0 saturated carbocycles. The molecule has 78 valence electrons. The highest BCUT2D eigenvalue weighted by Gasteiger charge is 2.12. The van der Waals surface area contributed by atoms with Gasteiger partial charge in [-0.05, 0) is 0 Å². The molecule has 4 nitrogen and oxygen atoms in total. The van der Waals surface area contributed by atoms with Gasteiger partial charge >= 0.3 is 0 Å². The van der Waals surface area contributed by atoms with Crippen molar-refractivity contribution in [3.8, 4) is 5.69 Å². The summed E-state index contributed by atoms with van der Waals surface area (Å²) in [5, 5.41) is 6.82. The Hall–Kier alpha value is -2.05. The molecule has 0 saturated heterocycles. The van der Waals surface area contributed by atoms with Gasteiger partial charge in [0.15, 0.2) is 23.3 Å². The Labute approximate surface area is 82.1 Å². The van der Waals surface area contributed by atoms with E-state index in [9.17, 15) is 13.2 Å². The van der Waals surface area contributed by atoms with Gasteiger partial charge in [-0.1, -0.05) is 5.21 Å². The summed E-state index contributed by atoms with van der Waals surface area (Å²) in [6.45, 7) is 0. The van der Waals surface area contributed by atoms with E-state index in [0.717, 1.165) is 4.68 Å². The van der Waals surface area contributed by atoms with E-state index in [0.29, 0.717) is 12.1 Å². The molecule has 0 fully saturated rings. The first-order valence-electron chi connectivity index (χ1n) is 3.90. The van der Waals surface area contributed by atoms with Crippen LogP contribution in [0.2, 0.25) is 0 Å². The molecule has 0 unspecified atom stereocenters. The fourth-order valence-electron chi connectivity index (χ4n) is 1.08. The van der Waals surface area contributed by atoms with Gasteiger partial charge in [-0.2, -0.15) is 0 Å². The fourth-order valence-corrected chi connectivity index (χ4v) is 1.08. The quantitative estimate of drug-likeness (QED) is 0.727. The minimum absolute atomic E-state index is 0.0548. The highest BCUT2D eigenvalue weighted by molar-refractivity contribution is 5.36. The molecule has 0 spiro atoms. The summed E-state index contributed by atoms with van der Waals surface area (Å²) in [5.41, 5.74) is 5.00. The predicted octanol–water partition coefficient (Wildman–Crippen LogP) is 1.27. The third kappa shape index (κ3) is 1.63. The number of anilines is 1. The van der Waals surface area contributed by atoms with Crippen molar-refractivity contribution < 1.29 is 13.2 Å². The lowest BCUT2D eigenvalue weighted by atomic mass is 10.3. The molecule has 2 N–H and O–H groups in total. The Morgan fingerprint density at radius 2 is 1.73 bits per heavy atom. The van der Waals surface area contributed by atoms with Gasteiger partial charge in [0.2, 0.25) is 0 Å². The van der Waals surface area contributed by atoms with Crippen LogP contribution in [-0.4, -0.2) is 15.0 Å². The van der Waals surface area contributed by atoms with E-state index in [-0.39, 0.29) is 11.5 Å². The van der Waals surface area contributed by atoms with Crippen molar-refractivity contribution >= 4 is 5.82 Å². The number of hydrogen-bond donors (Lipinski definition) is 1. The summed E-state index contributed by atoms with van der Waals surface area (Å²) >= 11 is 0. The zero-order valence-corrected chi connectivity index (χ0v) is 7.28. The highest BCUT2D eigenvalue weighted by atomic mass is 19.2. The molecule has 0 bridgehead atoms. The van der Waals surface area contributed by atoms with Gasteiger partial charge in [-0.25, -0.2) is 17.9 Å². The topological polar surface area (TPSA) is 56.7 Å². The van der Waals surface area contributed by atoms with Gasteiger partial charge in [0.25, 0.3) is 0 Å². The average Bonchev–Trinajstić information content (AvgIpc) is 2.58. The lowest BCUT2D eigenvalue weighted by Crippen LogP contribution is -2.01. The van der Waals surface area contributed by atoms with Crippen molar-refractivity contribution in [3.63, 3.8) is 0 Å². The Morgan fingerprint density at radius 3 is 2.33 bits per heavy atom. The van der Waals surface area contributed by atoms with Crippen LogP contribution in [0.25, 0.3) is 5.69 Å². The van der Waals surface area contributed by atoms with Crippen LogP contribution in [0.3, 0.4) is 0 Å². The minimum Gasteiger partial charge on any atom is -0.381 e. The fraction of sp³-hybridized carbons (Fsp3) is 0. The molecule has 1 aromatic heterocycles. The molecule has 0 radical (unpaired) electrons. The van der Waals surface area contributed by atoms with Crippen LogP contribution in [0.15, 0.2) is 18.3 Å². The van der Waals surface area contributed by atoms with Crippen molar-refractivity contribution in [2.45, 2.75) is 0 Å². The van der Waals surface area contributed by atoms with E-state index < -0.39 is 17.5 Å². The van der Waals surface area contributed by atoms with Crippen LogP contribution < -0.4 is 5.73 Å². The second-order valence-corrected chi connectivity index (χ2v) is 2.81. The van der Waals surface area contributed by atoms with E-state index in [1.54, 1.807) is 0 Å². The summed E-state index contributed by atoms with van der Waals surface area (Å²) in [4.78, 5) is 0. The first-order chi connectivity index (χ1) is 7.08. The lowest BCUT2D eigenvalue weighted by molar-refractivity contribution is 0.491. The maximum Gasteiger partial charge on any atom is 0.166 e. The second kappa shape index (κ2) is 3.26. The molecule has 0 atom stereocenters. The van der Waals surface area contributed by atoms with E-state index in [2.05, 4.69) is 10.3 Å². The Kier molecular flexibility index (Phi) is 2.07. The molecule has 0 aliphatic carbocycles. The Balaban J connectivity index is 2.58. The summed E-state index contributed by atoms with van der Waals surface area (Å²) in [5.74, 6) is -3.32. The molecule has 7 heteroatoms. The average molecular weight is 214 g/mol. The number of benzene rings is 1. The number of nitrogen functional groups attached to an aromatic ring is 1. The van der Waals surface area contributed by atoms with Crippen LogP contribution in [0.5, 0.6) is 0 Å². The Morgan fingerprint density at radius 1 is 1.07 bits per heavy atom. The first kappa shape index (κ1) is 9.50. The van der Waals surface area contributed by atoms with E-state index >= 15 is 0 Å². The molecule has 1 heterocycles. The third-order valence-corrected chi connectivity index (χ3v) is 1.75. The first-order valence-corrected chi connectivity index (χ1v) is 3.90. The van der Waals surface area contributed by atoms with Gasteiger partial charge in [0, 0.05) is 12.1 Å². The van der Waals surface area contributed by atoms with Crippen molar-refractivity contribution in [2.75, 3.05) is 5.73 Å². The standard InChI is InChI=1S/C8H5F3N4/c9-4-1-6(11)7(2-5(4)10)15-3-8(12)13-14-15/h1-3H,12H2. The minimum atomic E-state index is -1.26. The normalized spacial score (nSPS) is 10.6. The summed E-state index contributed by atoms with van der Waals surface area (Å²) in [6.07, 6.45) is 1.19. The smallest absolute Gasteiger partial charge is 0.166 e. The van der Waals surface area contributed by atoms with Crippen LogP contribution in [-0.2, 0) is 0 Å². The summed E-state index contributed by atoms with van der Waals surface area (Å²) in [6, 6.07) is 1.11. The molecule has 0 aliphatic heterocycles. The monoisotopic (exact) mass is 214 g/mol. The number of halogens is 3. The van der Waals surface area contributed by atoms with E-state index in [4.69, 9.17) is 5.73 Å². The van der Waals surface area contributed by atoms with Gasteiger partial charge in [0.1, 0.15) is 5.69 Å².